The van der Waals surface area contributed by atoms with E-state index in [4.69, 9.17) is 0 Å². The molecule has 0 radical (unpaired) electrons. The van der Waals surface area contributed by atoms with Crippen LogP contribution in [-0.2, 0) is 15.6 Å². The molecule has 0 spiro atoms. The van der Waals surface area contributed by atoms with Gasteiger partial charge in [0.15, 0.2) is 0 Å². The summed E-state index contributed by atoms with van der Waals surface area (Å²) in [4.78, 5) is 11.9. The Balaban J connectivity index is 4.07. The third kappa shape index (κ3) is 6.23. The first-order valence-corrected chi connectivity index (χ1v) is 7.38. The maximum absolute atomic E-state index is 11.9. The lowest BCUT2D eigenvalue weighted by atomic mass is 10.0. The van der Waals surface area contributed by atoms with Crippen LogP contribution < -0.4 is 10.6 Å². The molecule has 0 rings (SSSR count). The largest absolute Gasteiger partial charge is 0.352 e. The van der Waals surface area contributed by atoms with Crippen LogP contribution in [0.1, 0.15) is 34.1 Å². The Morgan fingerprint density at radius 3 is 2.44 bits per heavy atom. The average Bonchev–Trinajstić information content (AvgIpc) is 2.14. The third-order valence-electron chi connectivity index (χ3n) is 2.40. The van der Waals surface area contributed by atoms with E-state index >= 15 is 0 Å². The Kier molecular flexibility index (Phi) is 6.83. The first-order valence-electron chi connectivity index (χ1n) is 5.65. The van der Waals surface area contributed by atoms with E-state index < -0.39 is 16.3 Å². The number of hydrogen-bond acceptors (Lipinski definition) is 3. The summed E-state index contributed by atoms with van der Waals surface area (Å²) in [6.45, 7) is 8.38. The lowest BCUT2D eigenvalue weighted by Crippen LogP contribution is -2.54. The molecule has 2 atom stereocenters. The minimum atomic E-state index is -0.792. The van der Waals surface area contributed by atoms with Crippen LogP contribution in [0.15, 0.2) is 0 Å². The van der Waals surface area contributed by atoms with Gasteiger partial charge >= 0.3 is 0 Å². The van der Waals surface area contributed by atoms with E-state index in [1.54, 1.807) is 6.26 Å². The van der Waals surface area contributed by atoms with Gasteiger partial charge in [0, 0.05) is 28.9 Å². The molecule has 2 N–H and O–H groups in total. The molecule has 4 nitrogen and oxygen atoms in total. The second kappa shape index (κ2) is 7.01. The fourth-order valence-corrected chi connectivity index (χ4v) is 2.03. The van der Waals surface area contributed by atoms with Crippen molar-refractivity contribution < 1.29 is 9.00 Å². The van der Waals surface area contributed by atoms with Crippen molar-refractivity contribution in [2.24, 2.45) is 0 Å². The quantitative estimate of drug-likeness (QED) is 0.695. The first-order chi connectivity index (χ1) is 7.29. The van der Waals surface area contributed by atoms with E-state index in [2.05, 4.69) is 10.6 Å². The van der Waals surface area contributed by atoms with Gasteiger partial charge in [0.05, 0.1) is 5.54 Å². The third-order valence-corrected chi connectivity index (χ3v) is 3.21. The van der Waals surface area contributed by atoms with Crippen molar-refractivity contribution in [2.75, 3.05) is 18.6 Å². The molecule has 5 heteroatoms. The van der Waals surface area contributed by atoms with Crippen molar-refractivity contribution in [3.63, 3.8) is 0 Å². The Morgan fingerprint density at radius 2 is 2.00 bits per heavy atom. The van der Waals surface area contributed by atoms with E-state index in [-0.39, 0.29) is 11.9 Å². The monoisotopic (exact) mass is 248 g/mol. The molecule has 0 bridgehead atoms. The van der Waals surface area contributed by atoms with Crippen LogP contribution in [0.25, 0.3) is 0 Å². The molecule has 0 aromatic carbocycles. The van der Waals surface area contributed by atoms with Crippen LogP contribution in [0.5, 0.6) is 0 Å². The van der Waals surface area contributed by atoms with Crippen LogP contribution in [0.4, 0.5) is 0 Å². The molecule has 96 valence electrons. The van der Waals surface area contributed by atoms with Gasteiger partial charge < -0.3 is 10.6 Å². The van der Waals surface area contributed by atoms with Crippen LogP contribution in [0.3, 0.4) is 0 Å². The number of hydrogen-bond donors (Lipinski definition) is 2. The predicted molar refractivity (Wildman–Crippen MR) is 68.9 cm³/mol. The molecule has 0 aromatic rings. The van der Waals surface area contributed by atoms with Gasteiger partial charge in [0.1, 0.15) is 0 Å². The summed E-state index contributed by atoms with van der Waals surface area (Å²) in [6, 6.07) is 0.0642. The van der Waals surface area contributed by atoms with Gasteiger partial charge in [0.25, 0.3) is 0 Å². The van der Waals surface area contributed by atoms with Crippen molar-refractivity contribution >= 4 is 16.7 Å². The van der Waals surface area contributed by atoms with Crippen LogP contribution in [0, 0.1) is 0 Å². The highest BCUT2D eigenvalue weighted by Crippen LogP contribution is 2.03. The maximum atomic E-state index is 11.9. The van der Waals surface area contributed by atoms with Gasteiger partial charge in [-0.2, -0.15) is 0 Å². The minimum absolute atomic E-state index is 0.0104. The summed E-state index contributed by atoms with van der Waals surface area (Å²) in [5, 5.41) is 6.04. The molecular weight excluding hydrogens is 224 g/mol. The summed E-state index contributed by atoms with van der Waals surface area (Å²) in [6.07, 6.45) is 2.42. The average molecular weight is 248 g/mol. The Labute approximate surface area is 101 Å². The van der Waals surface area contributed by atoms with Crippen LogP contribution >= 0.6 is 0 Å². The van der Waals surface area contributed by atoms with Crippen LogP contribution in [-0.4, -0.2) is 40.3 Å². The highest BCUT2D eigenvalue weighted by atomic mass is 32.2. The number of carbonyl (C=O) groups excluding carboxylic acids is 1. The molecule has 0 aromatic heterocycles. The van der Waals surface area contributed by atoms with E-state index in [0.717, 1.165) is 13.0 Å². The van der Waals surface area contributed by atoms with Gasteiger partial charge in [0.2, 0.25) is 5.91 Å². The predicted octanol–water partition coefficient (Wildman–Crippen LogP) is 0.648. The molecule has 0 saturated heterocycles. The van der Waals surface area contributed by atoms with Crippen LogP contribution in [0.2, 0.25) is 0 Å². The van der Waals surface area contributed by atoms with Gasteiger partial charge in [-0.3, -0.25) is 9.00 Å². The van der Waals surface area contributed by atoms with Crippen molar-refractivity contribution in [2.45, 2.75) is 45.7 Å². The van der Waals surface area contributed by atoms with E-state index in [0.29, 0.717) is 5.75 Å². The standard InChI is InChI=1S/C11H24N2O2S/c1-6-12-11(3,4)10(14)13-9(2)7-8-16(5)15/h9,12H,6-8H2,1-5H3,(H,13,14). The summed E-state index contributed by atoms with van der Waals surface area (Å²) in [5.41, 5.74) is -0.547. The van der Waals surface area contributed by atoms with Crippen molar-refractivity contribution in [1.82, 2.24) is 10.6 Å². The molecule has 2 unspecified atom stereocenters. The molecule has 0 fully saturated rings. The van der Waals surface area contributed by atoms with Gasteiger partial charge in [-0.15, -0.1) is 0 Å². The highest BCUT2D eigenvalue weighted by Gasteiger charge is 2.26. The Morgan fingerprint density at radius 1 is 1.44 bits per heavy atom. The molecule has 16 heavy (non-hydrogen) atoms. The summed E-state index contributed by atoms with van der Waals surface area (Å²) in [5.74, 6) is 0.618. The number of carbonyl (C=O) groups is 1. The SMILES string of the molecule is CCNC(C)(C)C(=O)NC(C)CCS(C)=O. The second-order valence-corrected chi connectivity index (χ2v) is 6.15. The Hall–Kier alpha value is -0.420. The number of likely N-dealkylation sites (N-methyl/N-ethyl adjacent to an activating group) is 1. The van der Waals surface area contributed by atoms with E-state index in [1.165, 1.54) is 0 Å². The first kappa shape index (κ1) is 15.6. The molecule has 0 heterocycles. The Bertz CT molecular complexity index is 254. The normalized spacial score (nSPS) is 15.6. The molecule has 0 aliphatic carbocycles. The number of nitrogens with one attached hydrogen (secondary N) is 2. The van der Waals surface area contributed by atoms with Crippen molar-refractivity contribution in [3.8, 4) is 0 Å². The van der Waals surface area contributed by atoms with E-state index in [9.17, 15) is 9.00 Å². The topological polar surface area (TPSA) is 58.2 Å². The lowest BCUT2D eigenvalue weighted by Gasteiger charge is -2.26. The molecule has 0 aliphatic rings. The maximum Gasteiger partial charge on any atom is 0.239 e. The number of amides is 1. The lowest BCUT2D eigenvalue weighted by molar-refractivity contribution is -0.127. The summed E-state index contributed by atoms with van der Waals surface area (Å²) in [7, 11) is -0.792. The highest BCUT2D eigenvalue weighted by molar-refractivity contribution is 7.84. The second-order valence-electron chi connectivity index (χ2n) is 4.60. The van der Waals surface area contributed by atoms with Crippen molar-refractivity contribution in [1.29, 1.82) is 0 Å². The summed E-state index contributed by atoms with van der Waals surface area (Å²) < 4.78 is 10.9. The number of rotatable bonds is 7. The summed E-state index contributed by atoms with van der Waals surface area (Å²) >= 11 is 0. The van der Waals surface area contributed by atoms with Gasteiger partial charge in [-0.1, -0.05) is 6.92 Å². The molecule has 0 saturated carbocycles. The van der Waals surface area contributed by atoms with Crippen molar-refractivity contribution in [3.05, 3.63) is 0 Å². The molecule has 1 amide bonds. The minimum Gasteiger partial charge on any atom is -0.352 e. The van der Waals surface area contributed by atoms with E-state index in [1.807, 2.05) is 27.7 Å². The van der Waals surface area contributed by atoms with Gasteiger partial charge in [-0.05, 0) is 33.7 Å². The zero-order chi connectivity index (χ0) is 12.8. The smallest absolute Gasteiger partial charge is 0.239 e. The molecular formula is C11H24N2O2S. The molecule has 0 aliphatic heterocycles. The zero-order valence-corrected chi connectivity index (χ0v) is 11.7. The fraction of sp³-hybridized carbons (Fsp3) is 0.909. The fourth-order valence-electron chi connectivity index (χ4n) is 1.34. The zero-order valence-electron chi connectivity index (χ0n) is 10.9. The van der Waals surface area contributed by atoms with Gasteiger partial charge in [-0.25, -0.2) is 0 Å².